The minimum atomic E-state index is -4.48. The van der Waals surface area contributed by atoms with Gasteiger partial charge in [0.25, 0.3) is 11.8 Å². The Kier molecular flexibility index (Phi) is 6.02. The molecule has 2 aromatic carbocycles. The van der Waals surface area contributed by atoms with E-state index >= 15 is 0 Å². The predicted octanol–water partition coefficient (Wildman–Crippen LogP) is 4.44. The van der Waals surface area contributed by atoms with E-state index in [2.05, 4.69) is 5.32 Å². The third-order valence-corrected chi connectivity index (χ3v) is 3.89. The van der Waals surface area contributed by atoms with E-state index in [1.807, 2.05) is 13.8 Å². The molecule has 0 saturated carbocycles. The van der Waals surface area contributed by atoms with Crippen molar-refractivity contribution in [3.05, 3.63) is 65.2 Å². The number of hydrogen-bond acceptors (Lipinski definition) is 2. The molecule has 0 aromatic heterocycles. The summed E-state index contributed by atoms with van der Waals surface area (Å²) in [7, 11) is 0. The van der Waals surface area contributed by atoms with Gasteiger partial charge in [-0.15, -0.1) is 0 Å². The van der Waals surface area contributed by atoms with Gasteiger partial charge in [-0.3, -0.25) is 9.59 Å². The van der Waals surface area contributed by atoms with E-state index in [0.29, 0.717) is 18.7 Å². The van der Waals surface area contributed by atoms with E-state index in [4.69, 9.17) is 0 Å². The van der Waals surface area contributed by atoms with Crippen LogP contribution >= 0.6 is 0 Å². The molecule has 2 amide bonds. The van der Waals surface area contributed by atoms with Crippen molar-refractivity contribution < 1.29 is 22.8 Å². The van der Waals surface area contributed by atoms with Crippen LogP contribution in [0.1, 0.15) is 40.1 Å². The van der Waals surface area contributed by atoms with E-state index in [9.17, 15) is 22.8 Å². The molecule has 2 rings (SSSR count). The smallest absolute Gasteiger partial charge is 0.339 e. The first-order valence-electron chi connectivity index (χ1n) is 8.14. The van der Waals surface area contributed by atoms with Gasteiger partial charge in [0.1, 0.15) is 0 Å². The van der Waals surface area contributed by atoms with Crippen molar-refractivity contribution in [2.75, 3.05) is 18.4 Å². The highest BCUT2D eigenvalue weighted by Crippen LogP contribution is 2.30. The van der Waals surface area contributed by atoms with Crippen LogP contribution in [-0.2, 0) is 6.18 Å². The Morgan fingerprint density at radius 1 is 0.962 bits per heavy atom. The number of rotatable bonds is 5. The number of carbonyl (C=O) groups excluding carboxylic acids is 2. The molecule has 0 atom stereocenters. The zero-order valence-corrected chi connectivity index (χ0v) is 14.4. The van der Waals surface area contributed by atoms with Crippen LogP contribution in [0.15, 0.2) is 48.5 Å². The molecule has 0 heterocycles. The summed E-state index contributed by atoms with van der Waals surface area (Å²) >= 11 is 0. The highest BCUT2D eigenvalue weighted by atomic mass is 19.4. The molecule has 0 radical (unpaired) electrons. The molecule has 0 aliphatic rings. The van der Waals surface area contributed by atoms with E-state index in [-0.39, 0.29) is 17.2 Å². The summed E-state index contributed by atoms with van der Waals surface area (Å²) < 4.78 is 38.2. The Hall–Kier alpha value is -2.83. The zero-order valence-electron chi connectivity index (χ0n) is 14.4. The van der Waals surface area contributed by atoms with Crippen LogP contribution in [0.2, 0.25) is 0 Å². The molecule has 0 spiro atoms. The normalized spacial score (nSPS) is 11.1. The summed E-state index contributed by atoms with van der Waals surface area (Å²) in [5, 5.41) is 2.43. The molecule has 0 aliphatic heterocycles. The second kappa shape index (κ2) is 8.03. The van der Waals surface area contributed by atoms with Gasteiger partial charge in [-0.05, 0) is 56.3 Å². The Balaban J connectivity index is 2.12. The van der Waals surface area contributed by atoms with Crippen LogP contribution < -0.4 is 5.32 Å². The number of anilines is 1. The molecule has 1 N–H and O–H groups in total. The second-order valence-electron chi connectivity index (χ2n) is 5.59. The fourth-order valence-corrected chi connectivity index (χ4v) is 2.43. The van der Waals surface area contributed by atoms with Crippen LogP contribution in [-0.4, -0.2) is 29.8 Å². The molecule has 0 bridgehead atoms. The maximum absolute atomic E-state index is 12.7. The highest BCUT2D eigenvalue weighted by molar-refractivity contribution is 6.05. The standard InChI is InChI=1S/C19H19F3N2O2/c1-3-24(4-2)18(26)14-10-8-13(9-11-14)17(25)23-16-7-5-6-15(12-16)19(20,21)22/h5-12H,3-4H2,1-2H3,(H,23,25). The number of halogens is 3. The predicted molar refractivity (Wildman–Crippen MR) is 93.1 cm³/mol. The average Bonchev–Trinajstić information content (AvgIpc) is 2.62. The van der Waals surface area contributed by atoms with Gasteiger partial charge in [-0.1, -0.05) is 6.07 Å². The van der Waals surface area contributed by atoms with Crippen molar-refractivity contribution in [2.45, 2.75) is 20.0 Å². The van der Waals surface area contributed by atoms with Crippen molar-refractivity contribution >= 4 is 17.5 Å². The Morgan fingerprint density at radius 2 is 1.54 bits per heavy atom. The zero-order chi connectivity index (χ0) is 19.3. The average molecular weight is 364 g/mol. The highest BCUT2D eigenvalue weighted by Gasteiger charge is 2.30. The summed E-state index contributed by atoms with van der Waals surface area (Å²) in [6, 6.07) is 10.4. The first kappa shape index (κ1) is 19.5. The lowest BCUT2D eigenvalue weighted by atomic mass is 10.1. The topological polar surface area (TPSA) is 49.4 Å². The second-order valence-corrected chi connectivity index (χ2v) is 5.59. The third-order valence-electron chi connectivity index (χ3n) is 3.89. The van der Waals surface area contributed by atoms with Gasteiger partial charge in [0.2, 0.25) is 0 Å². The number of nitrogens with zero attached hydrogens (tertiary/aromatic N) is 1. The van der Waals surface area contributed by atoms with Gasteiger partial charge in [0, 0.05) is 29.9 Å². The molecular formula is C19H19F3N2O2. The fourth-order valence-electron chi connectivity index (χ4n) is 2.43. The lowest BCUT2D eigenvalue weighted by Gasteiger charge is -2.18. The van der Waals surface area contributed by atoms with Gasteiger partial charge in [0.15, 0.2) is 0 Å². The molecule has 0 aliphatic carbocycles. The third kappa shape index (κ3) is 4.62. The van der Waals surface area contributed by atoms with Gasteiger partial charge in [-0.2, -0.15) is 13.2 Å². The van der Waals surface area contributed by atoms with Crippen molar-refractivity contribution in [3.8, 4) is 0 Å². The number of amides is 2. The number of alkyl halides is 3. The van der Waals surface area contributed by atoms with Crippen LogP contribution in [0.3, 0.4) is 0 Å². The molecule has 4 nitrogen and oxygen atoms in total. The van der Waals surface area contributed by atoms with E-state index in [0.717, 1.165) is 12.1 Å². The minimum absolute atomic E-state index is 0.0492. The molecule has 7 heteroatoms. The monoisotopic (exact) mass is 364 g/mol. The van der Waals surface area contributed by atoms with Crippen LogP contribution in [0.5, 0.6) is 0 Å². The molecule has 138 valence electrons. The summed E-state index contributed by atoms with van der Waals surface area (Å²) in [6.45, 7) is 4.90. The molecule has 0 saturated heterocycles. The summed E-state index contributed by atoms with van der Waals surface area (Å²) in [5.41, 5.74) is -0.0913. The quantitative estimate of drug-likeness (QED) is 0.853. The molecule has 0 fully saturated rings. The fraction of sp³-hybridized carbons (Fsp3) is 0.263. The number of benzene rings is 2. The largest absolute Gasteiger partial charge is 0.416 e. The molecular weight excluding hydrogens is 345 g/mol. The van der Waals surface area contributed by atoms with E-state index < -0.39 is 17.6 Å². The lowest BCUT2D eigenvalue weighted by molar-refractivity contribution is -0.137. The molecule has 2 aromatic rings. The number of hydrogen-bond donors (Lipinski definition) is 1. The maximum Gasteiger partial charge on any atom is 0.416 e. The first-order chi connectivity index (χ1) is 12.3. The van der Waals surface area contributed by atoms with Crippen molar-refractivity contribution in [2.24, 2.45) is 0 Å². The molecule has 26 heavy (non-hydrogen) atoms. The van der Waals surface area contributed by atoms with Crippen LogP contribution in [0.25, 0.3) is 0 Å². The SMILES string of the molecule is CCN(CC)C(=O)c1ccc(C(=O)Nc2cccc(C(F)(F)F)c2)cc1. The Bertz CT molecular complexity index is 782. The van der Waals surface area contributed by atoms with E-state index in [1.165, 1.54) is 36.4 Å². The number of nitrogens with one attached hydrogen (secondary N) is 1. The summed E-state index contributed by atoms with van der Waals surface area (Å²) in [5.74, 6) is -0.689. The van der Waals surface area contributed by atoms with Gasteiger partial charge in [-0.25, -0.2) is 0 Å². The maximum atomic E-state index is 12.7. The van der Waals surface area contributed by atoms with Crippen molar-refractivity contribution in [1.82, 2.24) is 4.90 Å². The van der Waals surface area contributed by atoms with Gasteiger partial charge < -0.3 is 10.2 Å². The van der Waals surface area contributed by atoms with Crippen molar-refractivity contribution in [3.63, 3.8) is 0 Å². The summed E-state index contributed by atoms with van der Waals surface area (Å²) in [4.78, 5) is 26.1. The van der Waals surface area contributed by atoms with Gasteiger partial charge in [0.05, 0.1) is 5.56 Å². The Labute approximate surface area is 149 Å². The lowest BCUT2D eigenvalue weighted by Crippen LogP contribution is -2.30. The molecule has 0 unspecified atom stereocenters. The summed E-state index contributed by atoms with van der Waals surface area (Å²) in [6.07, 6.45) is -4.48. The number of carbonyl (C=O) groups is 2. The Morgan fingerprint density at radius 3 is 2.08 bits per heavy atom. The van der Waals surface area contributed by atoms with Crippen molar-refractivity contribution in [1.29, 1.82) is 0 Å². The van der Waals surface area contributed by atoms with Crippen LogP contribution in [0.4, 0.5) is 18.9 Å². The van der Waals surface area contributed by atoms with Crippen LogP contribution in [0, 0.1) is 0 Å². The van der Waals surface area contributed by atoms with Gasteiger partial charge >= 0.3 is 6.18 Å². The van der Waals surface area contributed by atoms with E-state index in [1.54, 1.807) is 4.90 Å². The first-order valence-corrected chi connectivity index (χ1v) is 8.14. The minimum Gasteiger partial charge on any atom is -0.339 e.